The predicted octanol–water partition coefficient (Wildman–Crippen LogP) is 1.63. The highest BCUT2D eigenvalue weighted by Crippen LogP contribution is 2.03. The smallest absolute Gasteiger partial charge is 0.338 e. The van der Waals surface area contributed by atoms with E-state index >= 15 is 0 Å². The fraction of sp³-hybridized carbons (Fsp3) is 0.462. The van der Waals surface area contributed by atoms with Gasteiger partial charge in [-0.2, -0.15) is 0 Å². The van der Waals surface area contributed by atoms with Crippen LogP contribution in [-0.4, -0.2) is 36.5 Å². The third-order valence-corrected chi connectivity index (χ3v) is 2.18. The molecule has 4 nitrogen and oxygen atoms in total. The van der Waals surface area contributed by atoms with Crippen molar-refractivity contribution < 1.29 is 19.4 Å². The van der Waals surface area contributed by atoms with Crippen molar-refractivity contribution in [3.8, 4) is 0 Å². The Morgan fingerprint density at radius 1 is 1.24 bits per heavy atom. The van der Waals surface area contributed by atoms with E-state index in [9.17, 15) is 4.79 Å². The van der Waals surface area contributed by atoms with Gasteiger partial charge in [-0.05, 0) is 26.0 Å². The molecular formula is C13H18O4. The summed E-state index contributed by atoms with van der Waals surface area (Å²) >= 11 is 0. The summed E-state index contributed by atoms with van der Waals surface area (Å²) in [5.41, 5.74) is 0.523. The van der Waals surface area contributed by atoms with Crippen molar-refractivity contribution in [2.24, 2.45) is 0 Å². The summed E-state index contributed by atoms with van der Waals surface area (Å²) in [4.78, 5) is 11.6. The third-order valence-electron chi connectivity index (χ3n) is 2.18. The molecule has 4 heteroatoms. The number of esters is 1. The van der Waals surface area contributed by atoms with Gasteiger partial charge in [0.1, 0.15) is 6.61 Å². The first kappa shape index (κ1) is 13.7. The number of benzene rings is 1. The Morgan fingerprint density at radius 3 is 2.47 bits per heavy atom. The Kier molecular flexibility index (Phi) is 5.66. The van der Waals surface area contributed by atoms with Gasteiger partial charge in [-0.15, -0.1) is 0 Å². The lowest BCUT2D eigenvalue weighted by molar-refractivity contribution is -0.0492. The molecule has 1 N–H and O–H groups in total. The van der Waals surface area contributed by atoms with E-state index < -0.39 is 0 Å². The third kappa shape index (κ3) is 4.97. The van der Waals surface area contributed by atoms with E-state index in [2.05, 4.69) is 0 Å². The highest BCUT2D eigenvalue weighted by molar-refractivity contribution is 5.89. The van der Waals surface area contributed by atoms with Crippen LogP contribution in [0.5, 0.6) is 0 Å². The van der Waals surface area contributed by atoms with E-state index in [1.54, 1.807) is 38.1 Å². The molecule has 0 radical (unpaired) electrons. The van der Waals surface area contributed by atoms with Gasteiger partial charge in [-0.3, -0.25) is 0 Å². The molecule has 0 saturated carbocycles. The molecule has 0 amide bonds. The van der Waals surface area contributed by atoms with Crippen LogP contribution in [0.2, 0.25) is 0 Å². The van der Waals surface area contributed by atoms with Crippen molar-refractivity contribution in [3.05, 3.63) is 35.9 Å². The molecule has 1 rings (SSSR count). The van der Waals surface area contributed by atoms with Crippen molar-refractivity contribution in [1.29, 1.82) is 0 Å². The normalized spacial score (nSPS) is 14.1. The SMILES string of the molecule is CC(CO)OC(C)COC(=O)c1ccccc1. The molecule has 0 saturated heterocycles. The zero-order chi connectivity index (χ0) is 12.7. The molecule has 0 aliphatic heterocycles. The second kappa shape index (κ2) is 7.04. The zero-order valence-corrected chi connectivity index (χ0v) is 10.1. The summed E-state index contributed by atoms with van der Waals surface area (Å²) in [5, 5.41) is 8.81. The van der Waals surface area contributed by atoms with Crippen LogP contribution in [0.25, 0.3) is 0 Å². The molecule has 0 heterocycles. The first-order chi connectivity index (χ1) is 8.13. The quantitative estimate of drug-likeness (QED) is 0.765. The number of aliphatic hydroxyl groups excluding tert-OH is 1. The molecule has 0 bridgehead atoms. The lowest BCUT2D eigenvalue weighted by atomic mass is 10.2. The number of hydrogen-bond donors (Lipinski definition) is 1. The lowest BCUT2D eigenvalue weighted by Crippen LogP contribution is -2.25. The standard InChI is InChI=1S/C13H18O4/c1-10(8-14)17-11(2)9-16-13(15)12-6-4-3-5-7-12/h3-7,10-11,14H,8-9H2,1-2H3. The highest BCUT2D eigenvalue weighted by Gasteiger charge is 2.11. The zero-order valence-electron chi connectivity index (χ0n) is 10.1. The van der Waals surface area contributed by atoms with Gasteiger partial charge in [-0.1, -0.05) is 18.2 Å². The van der Waals surface area contributed by atoms with E-state index in [1.165, 1.54) is 0 Å². The van der Waals surface area contributed by atoms with Gasteiger partial charge in [0.15, 0.2) is 0 Å². The van der Waals surface area contributed by atoms with Gasteiger partial charge in [0.2, 0.25) is 0 Å². The van der Waals surface area contributed by atoms with Crippen LogP contribution >= 0.6 is 0 Å². The molecule has 0 aromatic heterocycles. The Hall–Kier alpha value is -1.39. The van der Waals surface area contributed by atoms with Gasteiger partial charge < -0.3 is 14.6 Å². The van der Waals surface area contributed by atoms with Gasteiger partial charge in [0.05, 0.1) is 24.4 Å². The second-order valence-corrected chi connectivity index (χ2v) is 3.90. The number of ether oxygens (including phenoxy) is 2. The molecule has 94 valence electrons. The molecule has 0 aliphatic rings. The first-order valence-corrected chi connectivity index (χ1v) is 5.62. The van der Waals surface area contributed by atoms with E-state index in [4.69, 9.17) is 14.6 Å². The van der Waals surface area contributed by atoms with E-state index in [-0.39, 0.29) is 31.4 Å². The molecular weight excluding hydrogens is 220 g/mol. The Bertz CT molecular complexity index is 337. The molecule has 0 aliphatic carbocycles. The van der Waals surface area contributed by atoms with Crippen LogP contribution in [0, 0.1) is 0 Å². The maximum absolute atomic E-state index is 11.6. The molecule has 0 spiro atoms. The maximum atomic E-state index is 11.6. The summed E-state index contributed by atoms with van der Waals surface area (Å²) in [6.45, 7) is 3.69. The monoisotopic (exact) mass is 238 g/mol. The molecule has 1 aromatic rings. The summed E-state index contributed by atoms with van der Waals surface area (Å²) in [6.07, 6.45) is -0.481. The van der Waals surface area contributed by atoms with Crippen LogP contribution < -0.4 is 0 Å². The molecule has 2 unspecified atom stereocenters. The Balaban J connectivity index is 2.33. The maximum Gasteiger partial charge on any atom is 0.338 e. The van der Waals surface area contributed by atoms with Crippen molar-refractivity contribution in [3.63, 3.8) is 0 Å². The van der Waals surface area contributed by atoms with Gasteiger partial charge in [-0.25, -0.2) is 4.79 Å². The van der Waals surface area contributed by atoms with E-state index in [0.29, 0.717) is 5.56 Å². The van der Waals surface area contributed by atoms with E-state index in [1.807, 2.05) is 6.07 Å². The van der Waals surface area contributed by atoms with Gasteiger partial charge in [0, 0.05) is 0 Å². The van der Waals surface area contributed by atoms with Crippen LogP contribution in [0.3, 0.4) is 0 Å². The minimum atomic E-state index is -0.363. The topological polar surface area (TPSA) is 55.8 Å². The average Bonchev–Trinajstić information content (AvgIpc) is 2.36. The number of hydrogen-bond acceptors (Lipinski definition) is 4. The summed E-state index contributed by atoms with van der Waals surface area (Å²) in [7, 11) is 0. The van der Waals surface area contributed by atoms with Crippen molar-refractivity contribution in [2.75, 3.05) is 13.2 Å². The van der Waals surface area contributed by atoms with Gasteiger partial charge in [0.25, 0.3) is 0 Å². The molecule has 1 aromatic carbocycles. The number of carbonyl (C=O) groups excluding carboxylic acids is 1. The minimum Gasteiger partial charge on any atom is -0.459 e. The number of rotatable bonds is 6. The fourth-order valence-electron chi connectivity index (χ4n) is 1.33. The largest absolute Gasteiger partial charge is 0.459 e. The van der Waals surface area contributed by atoms with E-state index in [0.717, 1.165) is 0 Å². The van der Waals surface area contributed by atoms with Crippen molar-refractivity contribution in [2.45, 2.75) is 26.1 Å². The molecule has 2 atom stereocenters. The van der Waals surface area contributed by atoms with Crippen molar-refractivity contribution >= 4 is 5.97 Å². The molecule has 17 heavy (non-hydrogen) atoms. The summed E-state index contributed by atoms with van der Waals surface area (Å²) in [5.74, 6) is -0.363. The summed E-state index contributed by atoms with van der Waals surface area (Å²) in [6, 6.07) is 8.80. The van der Waals surface area contributed by atoms with Gasteiger partial charge >= 0.3 is 5.97 Å². The van der Waals surface area contributed by atoms with Crippen LogP contribution in [-0.2, 0) is 9.47 Å². The van der Waals surface area contributed by atoms with Crippen LogP contribution in [0.15, 0.2) is 30.3 Å². The first-order valence-electron chi connectivity index (χ1n) is 5.62. The Labute approximate surface area is 101 Å². The lowest BCUT2D eigenvalue weighted by Gasteiger charge is -2.17. The molecule has 0 fully saturated rings. The number of carbonyl (C=O) groups is 1. The highest BCUT2D eigenvalue weighted by atomic mass is 16.6. The second-order valence-electron chi connectivity index (χ2n) is 3.90. The number of aliphatic hydroxyl groups is 1. The predicted molar refractivity (Wildman–Crippen MR) is 63.8 cm³/mol. The van der Waals surface area contributed by atoms with Crippen LogP contribution in [0.1, 0.15) is 24.2 Å². The fourth-order valence-corrected chi connectivity index (χ4v) is 1.33. The minimum absolute atomic E-state index is 0.0447. The van der Waals surface area contributed by atoms with Crippen LogP contribution in [0.4, 0.5) is 0 Å². The Morgan fingerprint density at radius 2 is 1.88 bits per heavy atom. The average molecular weight is 238 g/mol. The summed E-state index contributed by atoms with van der Waals surface area (Å²) < 4.78 is 10.4. The van der Waals surface area contributed by atoms with Crippen molar-refractivity contribution in [1.82, 2.24) is 0 Å².